The number of thioether (sulfide) groups is 1. The maximum atomic E-state index is 12.8. The van der Waals surface area contributed by atoms with Crippen LogP contribution in [-0.4, -0.2) is 39.5 Å². The van der Waals surface area contributed by atoms with E-state index in [2.05, 4.69) is 16.0 Å². The molecule has 3 N–H and O–H groups in total. The topological polar surface area (TPSA) is 70.2 Å². The summed E-state index contributed by atoms with van der Waals surface area (Å²) in [5.41, 5.74) is -0.142. The molecule has 162 valence electrons. The minimum Gasteiger partial charge on any atom is -0.358 e. The lowest BCUT2D eigenvalue weighted by atomic mass is 10.1. The van der Waals surface area contributed by atoms with Gasteiger partial charge in [0.1, 0.15) is 6.04 Å². The highest BCUT2D eigenvalue weighted by Crippen LogP contribution is 2.18. The summed E-state index contributed by atoms with van der Waals surface area (Å²) in [6.45, 7) is 10.0. The quantitative estimate of drug-likeness (QED) is 0.358. The van der Waals surface area contributed by atoms with Crippen molar-refractivity contribution in [3.63, 3.8) is 0 Å². The lowest BCUT2D eigenvalue weighted by Gasteiger charge is -2.27. The summed E-state index contributed by atoms with van der Waals surface area (Å²) in [5, 5.41) is 10.4. The van der Waals surface area contributed by atoms with Gasteiger partial charge in [0.05, 0.1) is 0 Å². The molecule has 0 aromatic heterocycles. The zero-order chi connectivity index (χ0) is 21.2. The number of carbonyl (C=O) groups excluding carboxylic acids is 2. The normalized spacial score (nSPS) is 16.1. The molecule has 0 spiro atoms. The third kappa shape index (κ3) is 11.2. The summed E-state index contributed by atoms with van der Waals surface area (Å²) in [6.07, 6.45) is 8.21. The van der Waals surface area contributed by atoms with Gasteiger partial charge < -0.3 is 16.0 Å². The first-order valence-electron chi connectivity index (χ1n) is 10.6. The minimum atomic E-state index is -0.312. The van der Waals surface area contributed by atoms with Crippen molar-refractivity contribution in [1.29, 1.82) is 0 Å². The van der Waals surface area contributed by atoms with E-state index in [9.17, 15) is 9.59 Å². The maximum absolute atomic E-state index is 12.8. The number of hydrogen-bond donors (Lipinski definition) is 3. The predicted molar refractivity (Wildman–Crippen MR) is 124 cm³/mol. The van der Waals surface area contributed by atoms with Gasteiger partial charge in [0.2, 0.25) is 5.91 Å². The lowest BCUT2D eigenvalue weighted by Crippen LogP contribution is -2.54. The number of amides is 1. The van der Waals surface area contributed by atoms with Crippen molar-refractivity contribution < 1.29 is 9.59 Å². The van der Waals surface area contributed by atoms with E-state index in [0.717, 1.165) is 44.3 Å². The molecule has 0 radical (unpaired) electrons. The van der Waals surface area contributed by atoms with Crippen LogP contribution in [0.15, 0.2) is 0 Å². The molecule has 28 heavy (non-hydrogen) atoms. The van der Waals surface area contributed by atoms with Gasteiger partial charge in [-0.05, 0) is 58.7 Å². The number of nitrogens with one attached hydrogen (secondary N) is 3. The van der Waals surface area contributed by atoms with E-state index in [1.165, 1.54) is 24.6 Å². The average Bonchev–Trinajstić information content (AvgIpc) is 3.07. The van der Waals surface area contributed by atoms with Gasteiger partial charge in [-0.15, -0.1) is 0 Å². The van der Waals surface area contributed by atoms with Crippen molar-refractivity contribution in [3.8, 4) is 0 Å². The summed E-state index contributed by atoms with van der Waals surface area (Å²) in [5.74, 6) is 0.997. The molecule has 1 atom stereocenters. The molecule has 1 amide bonds. The van der Waals surface area contributed by atoms with Gasteiger partial charge in [-0.25, -0.2) is 0 Å². The van der Waals surface area contributed by atoms with Crippen LogP contribution < -0.4 is 16.0 Å². The van der Waals surface area contributed by atoms with Crippen molar-refractivity contribution in [2.24, 2.45) is 5.92 Å². The van der Waals surface area contributed by atoms with Gasteiger partial charge in [0.15, 0.2) is 10.2 Å². The largest absolute Gasteiger partial charge is 0.358 e. The van der Waals surface area contributed by atoms with Crippen LogP contribution in [0.3, 0.4) is 0 Å². The van der Waals surface area contributed by atoms with Crippen LogP contribution in [0.4, 0.5) is 0 Å². The van der Waals surface area contributed by atoms with Crippen molar-refractivity contribution in [2.75, 3.05) is 5.75 Å². The maximum Gasteiger partial charge on any atom is 0.242 e. The van der Waals surface area contributed by atoms with Crippen molar-refractivity contribution in [3.05, 3.63) is 0 Å². The molecule has 0 aromatic carbocycles. The number of hydrogen-bond acceptors (Lipinski definition) is 4. The summed E-state index contributed by atoms with van der Waals surface area (Å²) >= 11 is 6.83. The second-order valence-electron chi connectivity index (χ2n) is 9.06. The Balaban J connectivity index is 2.44. The Morgan fingerprint density at radius 2 is 1.75 bits per heavy atom. The summed E-state index contributed by atoms with van der Waals surface area (Å²) < 4.78 is 0. The van der Waals surface area contributed by atoms with E-state index < -0.39 is 0 Å². The monoisotopic (exact) mass is 429 g/mol. The first kappa shape index (κ1) is 25.2. The molecule has 1 aliphatic rings. The molecular formula is C21H39N3O2S2. The smallest absolute Gasteiger partial charge is 0.242 e. The van der Waals surface area contributed by atoms with Gasteiger partial charge in [0.25, 0.3) is 0 Å². The molecular weight excluding hydrogens is 390 g/mol. The first-order valence-corrected chi connectivity index (χ1v) is 12.0. The van der Waals surface area contributed by atoms with Gasteiger partial charge in [-0.3, -0.25) is 9.59 Å². The second kappa shape index (κ2) is 12.7. The van der Waals surface area contributed by atoms with E-state index >= 15 is 0 Å². The fourth-order valence-corrected chi connectivity index (χ4v) is 4.47. The Kier molecular flexibility index (Phi) is 11.4. The molecule has 5 nitrogen and oxygen atoms in total. The highest BCUT2D eigenvalue weighted by molar-refractivity contribution is 8.13. The van der Waals surface area contributed by atoms with Crippen LogP contribution in [0.1, 0.15) is 86.0 Å². The Morgan fingerprint density at radius 3 is 2.32 bits per heavy atom. The van der Waals surface area contributed by atoms with Crippen LogP contribution in [0.5, 0.6) is 0 Å². The summed E-state index contributed by atoms with van der Waals surface area (Å²) in [7, 11) is 0. The molecule has 0 aromatic rings. The van der Waals surface area contributed by atoms with E-state index in [1.807, 2.05) is 34.6 Å². The predicted octanol–water partition coefficient (Wildman–Crippen LogP) is 4.15. The van der Waals surface area contributed by atoms with Gasteiger partial charge in [-0.1, -0.05) is 51.3 Å². The second-order valence-corrected chi connectivity index (χ2v) is 10.6. The van der Waals surface area contributed by atoms with Crippen LogP contribution >= 0.6 is 24.0 Å². The number of carbonyl (C=O) groups is 2. The highest BCUT2D eigenvalue weighted by Gasteiger charge is 2.24. The van der Waals surface area contributed by atoms with Crippen molar-refractivity contribution in [1.82, 2.24) is 16.0 Å². The van der Waals surface area contributed by atoms with Crippen molar-refractivity contribution in [2.45, 2.75) is 104 Å². The number of unbranched alkanes of at least 4 members (excludes halogenated alkanes) is 2. The number of rotatable bonds is 10. The third-order valence-corrected chi connectivity index (χ3v) is 6.13. The average molecular weight is 430 g/mol. The van der Waals surface area contributed by atoms with Gasteiger partial charge >= 0.3 is 0 Å². The molecule has 0 unspecified atom stereocenters. The van der Waals surface area contributed by atoms with E-state index in [1.54, 1.807) is 0 Å². The summed E-state index contributed by atoms with van der Waals surface area (Å²) in [6, 6.07) is -0.00714. The molecule has 0 heterocycles. The van der Waals surface area contributed by atoms with Crippen LogP contribution in [0.2, 0.25) is 0 Å². The van der Waals surface area contributed by atoms with Crippen molar-refractivity contribution >= 4 is 40.1 Å². The SMILES string of the molecule is CC(C)C(=O)SCCCCC[C@H](NC(=S)NC(C)(C)C)C(=O)NC1CCCC1. The van der Waals surface area contributed by atoms with Crippen LogP contribution in [0, 0.1) is 5.92 Å². The molecule has 0 saturated heterocycles. The molecule has 1 rings (SSSR count). The standard InChI is InChI=1S/C21H39N3O2S2/c1-15(2)19(26)28-14-10-6-7-13-17(23-20(27)24-21(3,4)5)18(25)22-16-11-8-9-12-16/h15-17H,6-14H2,1-5H3,(H,22,25)(H2,23,24,27)/t17-/m0/s1. The Bertz CT molecular complexity index is 512. The Labute approximate surface area is 180 Å². The zero-order valence-electron chi connectivity index (χ0n) is 18.2. The van der Waals surface area contributed by atoms with Gasteiger partial charge in [0, 0.05) is 23.3 Å². The Morgan fingerprint density at radius 1 is 1.11 bits per heavy atom. The first-order chi connectivity index (χ1) is 13.1. The van der Waals surface area contributed by atoms with Crippen LogP contribution in [-0.2, 0) is 9.59 Å². The fraction of sp³-hybridized carbons (Fsp3) is 0.857. The molecule has 0 aliphatic heterocycles. The minimum absolute atomic E-state index is 0.0503. The molecule has 1 saturated carbocycles. The summed E-state index contributed by atoms with van der Waals surface area (Å²) in [4.78, 5) is 24.4. The van der Waals surface area contributed by atoms with Crippen LogP contribution in [0.25, 0.3) is 0 Å². The molecule has 0 bridgehead atoms. The molecule has 1 fully saturated rings. The highest BCUT2D eigenvalue weighted by atomic mass is 32.2. The number of thiocarbonyl (C=S) groups is 1. The Hall–Kier alpha value is -0.820. The zero-order valence-corrected chi connectivity index (χ0v) is 19.9. The molecule has 7 heteroatoms. The third-order valence-electron chi connectivity index (χ3n) is 4.66. The lowest BCUT2D eigenvalue weighted by molar-refractivity contribution is -0.123. The fourth-order valence-electron chi connectivity index (χ4n) is 3.14. The van der Waals surface area contributed by atoms with Gasteiger partial charge in [-0.2, -0.15) is 0 Å². The molecule has 1 aliphatic carbocycles. The van der Waals surface area contributed by atoms with E-state index in [0.29, 0.717) is 11.2 Å². The van der Waals surface area contributed by atoms with E-state index in [-0.39, 0.29) is 28.5 Å². The van der Waals surface area contributed by atoms with E-state index in [4.69, 9.17) is 12.2 Å².